The van der Waals surface area contributed by atoms with Crippen LogP contribution in [0, 0.1) is 0 Å². The second-order valence-electron chi connectivity index (χ2n) is 4.44. The number of hydrogen-bond donors (Lipinski definition) is 2. The Kier molecular flexibility index (Phi) is 5.41. The molecule has 8 heteroatoms. The van der Waals surface area contributed by atoms with Crippen LogP contribution in [0.2, 0.25) is 0 Å². The van der Waals surface area contributed by atoms with Crippen molar-refractivity contribution in [3.63, 3.8) is 0 Å². The van der Waals surface area contributed by atoms with Crippen molar-refractivity contribution >= 4 is 15.7 Å². The van der Waals surface area contributed by atoms with Gasteiger partial charge in [-0.1, -0.05) is 12.1 Å². The van der Waals surface area contributed by atoms with Crippen molar-refractivity contribution < 1.29 is 26.7 Å². The summed E-state index contributed by atoms with van der Waals surface area (Å²) in [5.41, 5.74) is 0.867. The van der Waals surface area contributed by atoms with Gasteiger partial charge in [0.1, 0.15) is 0 Å². The van der Waals surface area contributed by atoms with E-state index in [1.54, 1.807) is 6.92 Å². The summed E-state index contributed by atoms with van der Waals surface area (Å²) in [7, 11) is -3.80. The van der Waals surface area contributed by atoms with E-state index in [0.717, 1.165) is 0 Å². The van der Waals surface area contributed by atoms with Gasteiger partial charge in [0.15, 0.2) is 0 Å². The smallest absolute Gasteiger partial charge is 0.389 e. The van der Waals surface area contributed by atoms with Gasteiger partial charge in [-0.25, -0.2) is 8.42 Å². The fourth-order valence-electron chi connectivity index (χ4n) is 1.52. The highest BCUT2D eigenvalue weighted by Crippen LogP contribution is 2.22. The van der Waals surface area contributed by atoms with Gasteiger partial charge in [0.25, 0.3) is 0 Å². The summed E-state index contributed by atoms with van der Waals surface area (Å²) in [5.74, 6) is -0.593. The number of aliphatic hydroxyl groups excluding tert-OH is 1. The first kappa shape index (κ1) is 16.8. The molecule has 0 saturated carbocycles. The van der Waals surface area contributed by atoms with Crippen molar-refractivity contribution in [3.8, 4) is 0 Å². The van der Waals surface area contributed by atoms with Gasteiger partial charge in [-0.15, -0.1) is 0 Å². The van der Waals surface area contributed by atoms with E-state index < -0.39 is 40.9 Å². The lowest BCUT2D eigenvalue weighted by Crippen LogP contribution is -2.18. The summed E-state index contributed by atoms with van der Waals surface area (Å²) in [4.78, 5) is 0. The van der Waals surface area contributed by atoms with E-state index in [2.05, 4.69) is 4.72 Å². The molecule has 4 nitrogen and oxygen atoms in total. The third kappa shape index (κ3) is 6.25. The molecule has 0 amide bonds. The number of hydrogen-bond acceptors (Lipinski definition) is 3. The van der Waals surface area contributed by atoms with Crippen molar-refractivity contribution in [2.24, 2.45) is 0 Å². The molecule has 0 aromatic heterocycles. The Morgan fingerprint density at radius 3 is 2.25 bits per heavy atom. The van der Waals surface area contributed by atoms with Crippen LogP contribution in [-0.4, -0.2) is 25.5 Å². The average molecular weight is 311 g/mol. The number of sulfonamides is 1. The number of halogens is 3. The molecule has 0 heterocycles. The van der Waals surface area contributed by atoms with E-state index in [1.807, 2.05) is 0 Å². The van der Waals surface area contributed by atoms with Gasteiger partial charge in [-0.3, -0.25) is 4.72 Å². The Hall–Kier alpha value is -1.28. The van der Waals surface area contributed by atoms with Crippen LogP contribution in [0.1, 0.15) is 31.4 Å². The summed E-state index contributed by atoms with van der Waals surface area (Å²) in [6, 6.07) is 5.98. The summed E-state index contributed by atoms with van der Waals surface area (Å²) in [6.07, 6.45) is -6.64. The Balaban J connectivity index is 2.58. The maximum absolute atomic E-state index is 11.9. The molecule has 1 rings (SSSR count). The number of nitrogens with one attached hydrogen (secondary N) is 1. The first-order valence-electron chi connectivity index (χ1n) is 5.94. The third-order valence-corrected chi connectivity index (χ3v) is 3.91. The number of rotatable bonds is 6. The fraction of sp³-hybridized carbons (Fsp3) is 0.500. The van der Waals surface area contributed by atoms with Crippen LogP contribution in [0.25, 0.3) is 0 Å². The van der Waals surface area contributed by atoms with Crippen molar-refractivity contribution in [1.82, 2.24) is 0 Å². The van der Waals surface area contributed by atoms with Crippen molar-refractivity contribution in [1.29, 1.82) is 0 Å². The quantitative estimate of drug-likeness (QED) is 0.849. The van der Waals surface area contributed by atoms with Crippen molar-refractivity contribution in [2.75, 3.05) is 10.5 Å². The van der Waals surface area contributed by atoms with Gasteiger partial charge in [0.2, 0.25) is 10.0 Å². The molecule has 1 aromatic carbocycles. The second-order valence-corrected chi connectivity index (χ2v) is 6.28. The molecule has 1 atom stereocenters. The SMILES string of the molecule is CC(O)c1ccc(NS(=O)(=O)CCCC(F)(F)F)cc1. The minimum absolute atomic E-state index is 0.251. The minimum atomic E-state index is -4.35. The summed E-state index contributed by atoms with van der Waals surface area (Å²) >= 11 is 0. The number of benzene rings is 1. The van der Waals surface area contributed by atoms with Crippen molar-refractivity contribution in [2.45, 2.75) is 32.0 Å². The lowest BCUT2D eigenvalue weighted by Gasteiger charge is -2.10. The largest absolute Gasteiger partial charge is 0.389 e. The molecule has 2 N–H and O–H groups in total. The zero-order chi connectivity index (χ0) is 15.4. The summed E-state index contributed by atoms with van der Waals surface area (Å²) in [5, 5.41) is 9.29. The number of anilines is 1. The van der Waals surface area contributed by atoms with Gasteiger partial charge >= 0.3 is 6.18 Å². The first-order chi connectivity index (χ1) is 9.09. The lowest BCUT2D eigenvalue weighted by molar-refractivity contribution is -0.134. The first-order valence-corrected chi connectivity index (χ1v) is 7.59. The van der Waals surface area contributed by atoms with Crippen LogP contribution in [0.15, 0.2) is 24.3 Å². The zero-order valence-electron chi connectivity index (χ0n) is 10.8. The molecule has 20 heavy (non-hydrogen) atoms. The molecule has 0 aliphatic heterocycles. The molecule has 0 aliphatic rings. The molecule has 0 radical (unpaired) electrons. The van der Waals surface area contributed by atoms with Crippen molar-refractivity contribution in [3.05, 3.63) is 29.8 Å². The van der Waals surface area contributed by atoms with Crippen LogP contribution in [-0.2, 0) is 10.0 Å². The molecular weight excluding hydrogens is 295 g/mol. The van der Waals surface area contributed by atoms with Gasteiger partial charge in [0, 0.05) is 12.1 Å². The molecule has 0 saturated heterocycles. The third-order valence-electron chi connectivity index (χ3n) is 2.54. The van der Waals surface area contributed by atoms with E-state index >= 15 is 0 Å². The molecule has 0 aliphatic carbocycles. The minimum Gasteiger partial charge on any atom is -0.389 e. The van der Waals surface area contributed by atoms with Gasteiger partial charge in [-0.05, 0) is 31.0 Å². The zero-order valence-corrected chi connectivity index (χ0v) is 11.6. The fourth-order valence-corrected chi connectivity index (χ4v) is 2.64. The maximum Gasteiger partial charge on any atom is 0.389 e. The van der Waals surface area contributed by atoms with Crippen LogP contribution in [0.3, 0.4) is 0 Å². The van der Waals surface area contributed by atoms with Crippen LogP contribution < -0.4 is 4.72 Å². The van der Waals surface area contributed by atoms with Crippen LogP contribution in [0.4, 0.5) is 18.9 Å². The summed E-state index contributed by atoms with van der Waals surface area (Å²) in [6.45, 7) is 1.57. The number of alkyl halides is 3. The highest BCUT2D eigenvalue weighted by atomic mass is 32.2. The molecule has 0 fully saturated rings. The van der Waals surface area contributed by atoms with Gasteiger partial charge in [-0.2, -0.15) is 13.2 Å². The maximum atomic E-state index is 11.9. The number of aliphatic hydroxyl groups is 1. The summed E-state index contributed by atoms with van der Waals surface area (Å²) < 4.78 is 61.2. The van der Waals surface area contributed by atoms with Crippen LogP contribution >= 0.6 is 0 Å². The molecule has 0 bridgehead atoms. The Bertz CT molecular complexity index is 524. The monoisotopic (exact) mass is 311 g/mol. The predicted molar refractivity (Wildman–Crippen MR) is 69.8 cm³/mol. The standard InChI is InChI=1S/C12H16F3NO3S/c1-9(17)10-3-5-11(6-4-10)16-20(18,19)8-2-7-12(13,14)15/h3-6,9,16-17H,2,7-8H2,1H3. The highest BCUT2D eigenvalue weighted by molar-refractivity contribution is 7.92. The van der Waals surface area contributed by atoms with E-state index in [4.69, 9.17) is 0 Å². The molecule has 1 unspecified atom stereocenters. The highest BCUT2D eigenvalue weighted by Gasteiger charge is 2.27. The second kappa shape index (κ2) is 6.45. The predicted octanol–water partition coefficient (Wildman–Crippen LogP) is 2.82. The van der Waals surface area contributed by atoms with E-state index in [9.17, 15) is 26.7 Å². The molecular formula is C12H16F3NO3S. The Morgan fingerprint density at radius 1 is 1.25 bits per heavy atom. The average Bonchev–Trinajstić information content (AvgIpc) is 2.26. The Morgan fingerprint density at radius 2 is 1.80 bits per heavy atom. The van der Waals surface area contributed by atoms with Gasteiger partial charge in [0.05, 0.1) is 11.9 Å². The molecule has 0 spiro atoms. The van der Waals surface area contributed by atoms with E-state index in [-0.39, 0.29) is 5.69 Å². The van der Waals surface area contributed by atoms with E-state index in [0.29, 0.717) is 5.56 Å². The Labute approximate surface area is 115 Å². The molecule has 1 aromatic rings. The van der Waals surface area contributed by atoms with Gasteiger partial charge < -0.3 is 5.11 Å². The normalized spacial score (nSPS) is 14.1. The topological polar surface area (TPSA) is 66.4 Å². The lowest BCUT2D eigenvalue weighted by atomic mass is 10.1. The molecule has 114 valence electrons. The van der Waals surface area contributed by atoms with Crippen LogP contribution in [0.5, 0.6) is 0 Å². The van der Waals surface area contributed by atoms with E-state index in [1.165, 1.54) is 24.3 Å².